The highest BCUT2D eigenvalue weighted by atomic mass is 16.5. The van der Waals surface area contributed by atoms with Gasteiger partial charge in [-0.2, -0.15) is 0 Å². The number of methoxy groups -OCH3 is 3. The van der Waals surface area contributed by atoms with E-state index in [9.17, 15) is 0 Å². The van der Waals surface area contributed by atoms with E-state index in [1.165, 1.54) is 12.8 Å². The average molecular weight is 295 g/mol. The molecule has 21 heavy (non-hydrogen) atoms. The van der Waals surface area contributed by atoms with E-state index in [1.54, 1.807) is 21.3 Å². The molecule has 1 aromatic rings. The Kier molecular flexibility index (Phi) is 7.37. The normalized spacial score (nSPS) is 13.6. The van der Waals surface area contributed by atoms with Crippen molar-refractivity contribution in [3.63, 3.8) is 0 Å². The quantitative estimate of drug-likeness (QED) is 0.750. The Morgan fingerprint density at radius 1 is 1.00 bits per heavy atom. The lowest BCUT2D eigenvalue weighted by atomic mass is 9.87. The first-order valence-electron chi connectivity index (χ1n) is 7.68. The van der Waals surface area contributed by atoms with Gasteiger partial charge in [-0.05, 0) is 24.5 Å². The lowest BCUT2D eigenvalue weighted by Crippen LogP contribution is -2.22. The van der Waals surface area contributed by atoms with Gasteiger partial charge >= 0.3 is 0 Å². The predicted octanol–water partition coefficient (Wildman–Crippen LogP) is 3.93. The maximum absolute atomic E-state index is 6.51. The second-order valence-corrected chi connectivity index (χ2v) is 5.26. The number of rotatable bonds is 9. The van der Waals surface area contributed by atoms with E-state index in [1.807, 2.05) is 12.1 Å². The molecule has 4 nitrogen and oxygen atoms in total. The van der Waals surface area contributed by atoms with Crippen molar-refractivity contribution in [3.8, 4) is 17.2 Å². The van der Waals surface area contributed by atoms with Gasteiger partial charge in [-0.3, -0.25) is 0 Å². The van der Waals surface area contributed by atoms with Crippen LogP contribution in [0.4, 0.5) is 0 Å². The van der Waals surface area contributed by atoms with Gasteiger partial charge in [0.05, 0.1) is 21.3 Å². The summed E-state index contributed by atoms with van der Waals surface area (Å²) in [6.45, 7) is 4.39. The first-order valence-corrected chi connectivity index (χ1v) is 7.68. The summed E-state index contributed by atoms with van der Waals surface area (Å²) in [4.78, 5) is 0. The highest BCUT2D eigenvalue weighted by Crippen LogP contribution is 2.43. The highest BCUT2D eigenvalue weighted by molar-refractivity contribution is 5.56. The van der Waals surface area contributed by atoms with Crippen LogP contribution in [-0.2, 0) is 0 Å². The van der Waals surface area contributed by atoms with Gasteiger partial charge in [0.25, 0.3) is 0 Å². The maximum atomic E-state index is 6.51. The lowest BCUT2D eigenvalue weighted by Gasteiger charge is -2.26. The van der Waals surface area contributed by atoms with Crippen molar-refractivity contribution >= 4 is 0 Å². The van der Waals surface area contributed by atoms with Crippen LogP contribution in [0.5, 0.6) is 17.2 Å². The summed E-state index contributed by atoms with van der Waals surface area (Å²) in [5.41, 5.74) is 7.49. The minimum absolute atomic E-state index is 0.0590. The molecule has 4 heteroatoms. The van der Waals surface area contributed by atoms with E-state index in [0.29, 0.717) is 23.2 Å². The van der Waals surface area contributed by atoms with Crippen molar-refractivity contribution in [1.82, 2.24) is 0 Å². The molecule has 0 aliphatic heterocycles. The highest BCUT2D eigenvalue weighted by Gasteiger charge is 2.24. The van der Waals surface area contributed by atoms with Crippen molar-refractivity contribution in [2.75, 3.05) is 21.3 Å². The van der Waals surface area contributed by atoms with Crippen LogP contribution >= 0.6 is 0 Å². The molecule has 0 saturated heterocycles. The Labute approximate surface area is 128 Å². The van der Waals surface area contributed by atoms with E-state index >= 15 is 0 Å². The van der Waals surface area contributed by atoms with Gasteiger partial charge in [0, 0.05) is 11.6 Å². The number of nitrogens with two attached hydrogens (primary N) is 1. The van der Waals surface area contributed by atoms with Crippen molar-refractivity contribution in [2.24, 2.45) is 11.7 Å². The third-order valence-corrected chi connectivity index (χ3v) is 4.05. The van der Waals surface area contributed by atoms with Crippen LogP contribution in [0.1, 0.15) is 51.1 Å². The third-order valence-electron chi connectivity index (χ3n) is 4.05. The molecule has 0 aliphatic carbocycles. The molecule has 0 bridgehead atoms. The average Bonchev–Trinajstić information content (AvgIpc) is 2.53. The largest absolute Gasteiger partial charge is 0.493 e. The molecule has 2 N–H and O–H groups in total. The molecule has 120 valence electrons. The van der Waals surface area contributed by atoms with Crippen molar-refractivity contribution < 1.29 is 14.2 Å². The minimum Gasteiger partial charge on any atom is -0.493 e. The number of hydrogen-bond donors (Lipinski definition) is 1. The molecule has 0 fully saturated rings. The lowest BCUT2D eigenvalue weighted by molar-refractivity contribution is 0.312. The van der Waals surface area contributed by atoms with E-state index in [4.69, 9.17) is 19.9 Å². The number of ether oxygens (including phenoxy) is 3. The zero-order valence-corrected chi connectivity index (χ0v) is 13.9. The zero-order chi connectivity index (χ0) is 15.8. The van der Waals surface area contributed by atoms with Crippen LogP contribution in [-0.4, -0.2) is 21.3 Å². The molecule has 2 unspecified atom stereocenters. The standard InChI is InChI=1S/C17H29NO3/c1-6-8-9-12(7-2)15(18)13-10-11-14(19-3)17(21-5)16(13)20-4/h10-12,15H,6-9,18H2,1-5H3. The monoisotopic (exact) mass is 295 g/mol. The van der Waals surface area contributed by atoms with E-state index in [0.717, 1.165) is 18.4 Å². The van der Waals surface area contributed by atoms with Crippen molar-refractivity contribution in [3.05, 3.63) is 17.7 Å². The fourth-order valence-corrected chi connectivity index (χ4v) is 2.74. The van der Waals surface area contributed by atoms with Crippen LogP contribution in [0, 0.1) is 5.92 Å². The first-order chi connectivity index (χ1) is 10.1. The van der Waals surface area contributed by atoms with Gasteiger partial charge in [0.2, 0.25) is 5.75 Å². The zero-order valence-electron chi connectivity index (χ0n) is 13.9. The molecule has 0 aromatic heterocycles. The van der Waals surface area contributed by atoms with Crippen LogP contribution in [0.2, 0.25) is 0 Å². The molecule has 2 atom stereocenters. The van der Waals surface area contributed by atoms with Crippen molar-refractivity contribution in [1.29, 1.82) is 0 Å². The fourth-order valence-electron chi connectivity index (χ4n) is 2.74. The topological polar surface area (TPSA) is 53.7 Å². The summed E-state index contributed by atoms with van der Waals surface area (Å²) in [5.74, 6) is 2.39. The summed E-state index contributed by atoms with van der Waals surface area (Å²) in [6, 6.07) is 3.82. The molecule has 0 amide bonds. The summed E-state index contributed by atoms with van der Waals surface area (Å²) in [7, 11) is 4.87. The summed E-state index contributed by atoms with van der Waals surface area (Å²) >= 11 is 0. The maximum Gasteiger partial charge on any atom is 0.203 e. The van der Waals surface area contributed by atoms with E-state index < -0.39 is 0 Å². The molecule has 0 saturated carbocycles. The molecular formula is C17H29NO3. The predicted molar refractivity (Wildman–Crippen MR) is 86.3 cm³/mol. The van der Waals surface area contributed by atoms with Gasteiger partial charge in [-0.15, -0.1) is 0 Å². The molecular weight excluding hydrogens is 266 g/mol. The van der Waals surface area contributed by atoms with Gasteiger partial charge in [-0.25, -0.2) is 0 Å². The van der Waals surface area contributed by atoms with Gasteiger partial charge in [0.15, 0.2) is 11.5 Å². The number of unbranched alkanes of at least 4 members (excludes halogenated alkanes) is 1. The number of benzene rings is 1. The Balaban J connectivity index is 3.15. The summed E-state index contributed by atoms with van der Waals surface area (Å²) in [5, 5.41) is 0. The summed E-state index contributed by atoms with van der Waals surface area (Å²) < 4.78 is 16.3. The summed E-state index contributed by atoms with van der Waals surface area (Å²) in [6.07, 6.45) is 4.57. The van der Waals surface area contributed by atoms with E-state index in [-0.39, 0.29) is 6.04 Å². The third kappa shape index (κ3) is 4.03. The van der Waals surface area contributed by atoms with Gasteiger partial charge < -0.3 is 19.9 Å². The minimum atomic E-state index is -0.0590. The molecule has 0 spiro atoms. The molecule has 0 heterocycles. The molecule has 1 aromatic carbocycles. The fraction of sp³-hybridized carbons (Fsp3) is 0.647. The van der Waals surface area contributed by atoms with Crippen LogP contribution < -0.4 is 19.9 Å². The number of hydrogen-bond acceptors (Lipinski definition) is 4. The molecule has 0 aliphatic rings. The second kappa shape index (κ2) is 8.78. The second-order valence-electron chi connectivity index (χ2n) is 5.26. The van der Waals surface area contributed by atoms with Crippen LogP contribution in [0.3, 0.4) is 0 Å². The Bertz CT molecular complexity index is 434. The van der Waals surface area contributed by atoms with Crippen LogP contribution in [0.15, 0.2) is 12.1 Å². The Hall–Kier alpha value is -1.42. The Morgan fingerprint density at radius 3 is 2.14 bits per heavy atom. The first kappa shape index (κ1) is 17.6. The SMILES string of the molecule is CCCCC(CC)C(N)c1ccc(OC)c(OC)c1OC. The van der Waals surface area contributed by atoms with Gasteiger partial charge in [-0.1, -0.05) is 33.1 Å². The van der Waals surface area contributed by atoms with Crippen LogP contribution in [0.25, 0.3) is 0 Å². The molecule has 0 radical (unpaired) electrons. The van der Waals surface area contributed by atoms with Gasteiger partial charge in [0.1, 0.15) is 0 Å². The Morgan fingerprint density at radius 2 is 1.67 bits per heavy atom. The van der Waals surface area contributed by atoms with E-state index in [2.05, 4.69) is 13.8 Å². The van der Waals surface area contributed by atoms with Crippen molar-refractivity contribution in [2.45, 2.75) is 45.6 Å². The smallest absolute Gasteiger partial charge is 0.203 e. The molecule has 1 rings (SSSR count).